The number of hydrogen-bond donors (Lipinski definition) is 1. The number of rotatable bonds is 5. The number of methoxy groups -OCH3 is 1. The van der Waals surface area contributed by atoms with Crippen LogP contribution in [0.15, 0.2) is 70.5 Å². The van der Waals surface area contributed by atoms with Gasteiger partial charge in [0.1, 0.15) is 11.8 Å². The first kappa shape index (κ1) is 20.9. The third kappa shape index (κ3) is 4.77. The van der Waals surface area contributed by atoms with Crippen LogP contribution in [0, 0.1) is 11.3 Å². The molecule has 0 aromatic heterocycles. The SMILES string of the molecule is COc1ccc([S@@](=O)c2ccc(NC(=O)c3ccc(Cl)cc3Cl)cc2C#N)cc1. The molecule has 0 bridgehead atoms. The molecule has 1 atom stereocenters. The number of amides is 1. The summed E-state index contributed by atoms with van der Waals surface area (Å²) in [5.41, 5.74) is 0.827. The molecule has 0 aliphatic carbocycles. The monoisotopic (exact) mass is 444 g/mol. The molecule has 3 aromatic carbocycles. The molecule has 1 N–H and O–H groups in total. The molecular formula is C21H14Cl2N2O3S. The van der Waals surface area contributed by atoms with Crippen LogP contribution in [0.25, 0.3) is 0 Å². The van der Waals surface area contributed by atoms with Crippen molar-refractivity contribution in [2.75, 3.05) is 12.4 Å². The average molecular weight is 445 g/mol. The highest BCUT2D eigenvalue weighted by Gasteiger charge is 2.15. The molecule has 0 aliphatic rings. The predicted octanol–water partition coefficient (Wildman–Crippen LogP) is 5.29. The van der Waals surface area contributed by atoms with Gasteiger partial charge in [0.15, 0.2) is 0 Å². The fraction of sp³-hybridized carbons (Fsp3) is 0.0476. The van der Waals surface area contributed by atoms with Crippen molar-refractivity contribution in [1.82, 2.24) is 0 Å². The Morgan fingerprint density at radius 1 is 1.07 bits per heavy atom. The topological polar surface area (TPSA) is 79.2 Å². The van der Waals surface area contributed by atoms with Gasteiger partial charge in [0.25, 0.3) is 5.91 Å². The smallest absolute Gasteiger partial charge is 0.257 e. The molecule has 8 heteroatoms. The van der Waals surface area contributed by atoms with E-state index in [4.69, 9.17) is 27.9 Å². The van der Waals surface area contributed by atoms with Gasteiger partial charge in [0.2, 0.25) is 0 Å². The minimum Gasteiger partial charge on any atom is -0.497 e. The molecule has 146 valence electrons. The maximum atomic E-state index is 12.9. The van der Waals surface area contributed by atoms with Crippen molar-refractivity contribution in [1.29, 1.82) is 5.26 Å². The van der Waals surface area contributed by atoms with Gasteiger partial charge in [-0.2, -0.15) is 5.26 Å². The minimum absolute atomic E-state index is 0.194. The molecule has 0 aliphatic heterocycles. The number of hydrogen-bond acceptors (Lipinski definition) is 4. The quantitative estimate of drug-likeness (QED) is 0.579. The molecule has 0 unspecified atom stereocenters. The van der Waals surface area contributed by atoms with Gasteiger partial charge in [-0.25, -0.2) is 4.21 Å². The van der Waals surface area contributed by atoms with Gasteiger partial charge < -0.3 is 10.1 Å². The lowest BCUT2D eigenvalue weighted by Crippen LogP contribution is -2.12. The Kier molecular flexibility index (Phi) is 6.55. The van der Waals surface area contributed by atoms with Gasteiger partial charge in [-0.15, -0.1) is 0 Å². The molecule has 5 nitrogen and oxygen atoms in total. The molecule has 0 saturated heterocycles. The van der Waals surface area contributed by atoms with E-state index in [0.29, 0.717) is 26.3 Å². The molecule has 0 fully saturated rings. The Morgan fingerprint density at radius 2 is 1.79 bits per heavy atom. The zero-order valence-electron chi connectivity index (χ0n) is 15.1. The number of nitriles is 1. The standard InChI is InChI=1S/C21H14Cl2N2O3S/c1-28-16-4-6-17(7-5-16)29(27)20-9-3-15(10-13(20)12-24)25-21(26)18-8-2-14(22)11-19(18)23/h2-11H,1H3,(H,25,26)/t29-/m1/s1. The van der Waals surface area contributed by atoms with Gasteiger partial charge in [-0.05, 0) is 60.7 Å². The predicted molar refractivity (Wildman–Crippen MR) is 113 cm³/mol. The normalized spacial score (nSPS) is 11.4. The number of anilines is 1. The minimum atomic E-state index is -1.56. The second-order valence-electron chi connectivity index (χ2n) is 5.85. The van der Waals surface area contributed by atoms with Crippen molar-refractivity contribution in [2.45, 2.75) is 9.79 Å². The summed E-state index contributed by atoms with van der Waals surface area (Å²) in [7, 11) is -0.0126. The maximum absolute atomic E-state index is 12.9. The first-order valence-electron chi connectivity index (χ1n) is 8.29. The number of ether oxygens (including phenoxy) is 1. The Hall–Kier alpha value is -2.85. The Balaban J connectivity index is 1.85. The Morgan fingerprint density at radius 3 is 2.41 bits per heavy atom. The zero-order chi connectivity index (χ0) is 21.0. The highest BCUT2D eigenvalue weighted by molar-refractivity contribution is 7.85. The van der Waals surface area contributed by atoms with E-state index in [1.54, 1.807) is 49.6 Å². The van der Waals surface area contributed by atoms with Gasteiger partial charge in [-0.1, -0.05) is 23.2 Å². The van der Waals surface area contributed by atoms with Crippen LogP contribution in [0.2, 0.25) is 10.0 Å². The highest BCUT2D eigenvalue weighted by Crippen LogP contribution is 2.26. The molecule has 3 aromatic rings. The van der Waals surface area contributed by atoms with E-state index >= 15 is 0 Å². The number of benzene rings is 3. The van der Waals surface area contributed by atoms with Crippen molar-refractivity contribution >= 4 is 45.6 Å². The number of halogens is 2. The largest absolute Gasteiger partial charge is 0.497 e. The number of nitrogens with one attached hydrogen (secondary N) is 1. The van der Waals surface area contributed by atoms with Crippen LogP contribution >= 0.6 is 23.2 Å². The average Bonchev–Trinajstić information content (AvgIpc) is 2.73. The zero-order valence-corrected chi connectivity index (χ0v) is 17.4. The van der Waals surface area contributed by atoms with E-state index in [1.807, 2.05) is 6.07 Å². The van der Waals surface area contributed by atoms with Crippen molar-refractivity contribution in [2.24, 2.45) is 0 Å². The maximum Gasteiger partial charge on any atom is 0.257 e. The van der Waals surface area contributed by atoms with Crippen molar-refractivity contribution < 1.29 is 13.7 Å². The molecular weight excluding hydrogens is 431 g/mol. The summed E-state index contributed by atoms with van der Waals surface area (Å²) in [6.07, 6.45) is 0. The molecule has 29 heavy (non-hydrogen) atoms. The van der Waals surface area contributed by atoms with Crippen molar-refractivity contribution in [3.8, 4) is 11.8 Å². The Bertz CT molecular complexity index is 1140. The van der Waals surface area contributed by atoms with Crippen molar-refractivity contribution in [3.63, 3.8) is 0 Å². The summed E-state index contributed by atoms with van der Waals surface area (Å²) in [5, 5.41) is 12.8. The van der Waals surface area contributed by atoms with Crippen molar-refractivity contribution in [3.05, 3.63) is 81.8 Å². The fourth-order valence-electron chi connectivity index (χ4n) is 2.56. The first-order valence-corrected chi connectivity index (χ1v) is 10.2. The van der Waals surface area contributed by atoms with Crippen LogP contribution in [-0.2, 0) is 10.8 Å². The lowest BCUT2D eigenvalue weighted by molar-refractivity contribution is 0.102. The molecule has 1 amide bonds. The van der Waals surface area contributed by atoms with E-state index in [2.05, 4.69) is 5.32 Å². The summed E-state index contributed by atoms with van der Waals surface area (Å²) in [4.78, 5) is 13.3. The fourth-order valence-corrected chi connectivity index (χ4v) is 4.18. The molecule has 3 rings (SSSR count). The summed E-state index contributed by atoms with van der Waals surface area (Å²) >= 11 is 11.9. The van der Waals surface area contributed by atoms with Crippen LogP contribution < -0.4 is 10.1 Å². The second-order valence-corrected chi connectivity index (χ2v) is 8.14. The number of carbonyl (C=O) groups excluding carboxylic acids is 1. The van der Waals surface area contributed by atoms with E-state index < -0.39 is 16.7 Å². The summed E-state index contributed by atoms with van der Waals surface area (Å²) in [6, 6.07) is 17.9. The van der Waals surface area contributed by atoms with Crippen LogP contribution in [0.5, 0.6) is 5.75 Å². The second kappa shape index (κ2) is 9.10. The lowest BCUT2D eigenvalue weighted by Gasteiger charge is -2.10. The Labute approximate surface area is 180 Å². The molecule has 0 radical (unpaired) electrons. The van der Waals surface area contributed by atoms with E-state index in [-0.39, 0.29) is 16.1 Å². The highest BCUT2D eigenvalue weighted by atomic mass is 35.5. The third-order valence-corrected chi connectivity index (χ3v) is 6.01. The summed E-state index contributed by atoms with van der Waals surface area (Å²) in [6.45, 7) is 0. The third-order valence-electron chi connectivity index (χ3n) is 4.01. The molecule has 0 heterocycles. The summed E-state index contributed by atoms with van der Waals surface area (Å²) in [5.74, 6) is 0.199. The van der Waals surface area contributed by atoms with Gasteiger partial charge in [-0.3, -0.25) is 4.79 Å². The lowest BCUT2D eigenvalue weighted by atomic mass is 10.2. The van der Waals surface area contributed by atoms with E-state index in [1.165, 1.54) is 18.2 Å². The number of nitrogens with zero attached hydrogens (tertiary/aromatic N) is 1. The van der Waals surface area contributed by atoms with Crippen LogP contribution in [-0.4, -0.2) is 17.2 Å². The van der Waals surface area contributed by atoms with Gasteiger partial charge in [0, 0.05) is 15.6 Å². The first-order chi connectivity index (χ1) is 13.9. The van der Waals surface area contributed by atoms with Crippen LogP contribution in [0.3, 0.4) is 0 Å². The van der Waals surface area contributed by atoms with Gasteiger partial charge >= 0.3 is 0 Å². The molecule has 0 spiro atoms. The van der Waals surface area contributed by atoms with E-state index in [0.717, 1.165) is 0 Å². The van der Waals surface area contributed by atoms with Gasteiger partial charge in [0.05, 0.1) is 39.0 Å². The number of carbonyl (C=O) groups is 1. The van der Waals surface area contributed by atoms with E-state index in [9.17, 15) is 14.3 Å². The molecule has 0 saturated carbocycles. The summed E-state index contributed by atoms with van der Waals surface area (Å²) < 4.78 is 18.0. The van der Waals surface area contributed by atoms with Crippen LogP contribution in [0.1, 0.15) is 15.9 Å². The van der Waals surface area contributed by atoms with Crippen LogP contribution in [0.4, 0.5) is 5.69 Å².